The van der Waals surface area contributed by atoms with Gasteiger partial charge in [0.05, 0.1) is 27.8 Å². The van der Waals surface area contributed by atoms with Gasteiger partial charge < -0.3 is 19.5 Å². The van der Waals surface area contributed by atoms with E-state index in [1.54, 1.807) is 24.3 Å². The van der Waals surface area contributed by atoms with E-state index in [2.05, 4.69) is 5.32 Å². The van der Waals surface area contributed by atoms with Crippen molar-refractivity contribution in [2.45, 2.75) is 12.8 Å². The molecule has 0 atom stereocenters. The lowest BCUT2D eigenvalue weighted by molar-refractivity contribution is -0.120. The van der Waals surface area contributed by atoms with E-state index in [4.69, 9.17) is 37.4 Å². The summed E-state index contributed by atoms with van der Waals surface area (Å²) in [6.45, 7) is 0.477. The molecule has 0 saturated heterocycles. The molecule has 0 aliphatic carbocycles. The predicted octanol–water partition coefficient (Wildman–Crippen LogP) is 3.92. The number of amides is 1. The van der Waals surface area contributed by atoms with Crippen molar-refractivity contribution in [2.24, 2.45) is 0 Å². The highest BCUT2D eigenvalue weighted by Crippen LogP contribution is 2.38. The first-order valence-corrected chi connectivity index (χ1v) is 8.73. The predicted molar refractivity (Wildman–Crippen MR) is 103 cm³/mol. The first kappa shape index (κ1) is 20.2. The van der Waals surface area contributed by atoms with Crippen LogP contribution in [0.15, 0.2) is 30.3 Å². The molecular formula is C19H21Cl2NO4. The molecule has 26 heavy (non-hydrogen) atoms. The molecule has 7 heteroatoms. The fraction of sp³-hybridized carbons (Fsp3) is 0.316. The molecular weight excluding hydrogens is 377 g/mol. The molecule has 0 radical (unpaired) electrons. The Morgan fingerprint density at radius 1 is 1.00 bits per heavy atom. The summed E-state index contributed by atoms with van der Waals surface area (Å²) in [4.78, 5) is 12.2. The Balaban J connectivity index is 1.97. The fourth-order valence-electron chi connectivity index (χ4n) is 2.55. The zero-order chi connectivity index (χ0) is 19.1. The molecule has 0 bridgehead atoms. The summed E-state index contributed by atoms with van der Waals surface area (Å²) < 4.78 is 15.9. The van der Waals surface area contributed by atoms with Gasteiger partial charge in [0.2, 0.25) is 11.7 Å². The minimum atomic E-state index is -0.107. The van der Waals surface area contributed by atoms with Gasteiger partial charge in [-0.15, -0.1) is 0 Å². The number of ether oxygens (including phenoxy) is 3. The molecule has 0 spiro atoms. The Morgan fingerprint density at radius 3 is 2.19 bits per heavy atom. The standard InChI is InChI=1S/C19H21Cl2NO4/c1-24-16-8-12(9-17(25-2)19(16)26-3)10-18(23)22-7-6-13-4-5-14(20)11-15(13)21/h4-5,8-9,11H,6-7,10H2,1-3H3,(H,22,23). The second kappa shape index (κ2) is 9.55. The van der Waals surface area contributed by atoms with E-state index < -0.39 is 0 Å². The van der Waals surface area contributed by atoms with Crippen LogP contribution in [0.25, 0.3) is 0 Å². The molecule has 2 aromatic rings. The first-order chi connectivity index (χ1) is 12.5. The van der Waals surface area contributed by atoms with Gasteiger partial charge >= 0.3 is 0 Å². The third-order valence-electron chi connectivity index (χ3n) is 3.82. The largest absolute Gasteiger partial charge is 0.493 e. The molecule has 0 aromatic heterocycles. The van der Waals surface area contributed by atoms with Gasteiger partial charge in [-0.3, -0.25) is 4.79 Å². The lowest BCUT2D eigenvalue weighted by Gasteiger charge is -2.14. The number of methoxy groups -OCH3 is 3. The van der Waals surface area contributed by atoms with Crippen LogP contribution in [0.3, 0.4) is 0 Å². The molecule has 2 rings (SSSR count). The van der Waals surface area contributed by atoms with Crippen molar-refractivity contribution in [3.63, 3.8) is 0 Å². The van der Waals surface area contributed by atoms with Gasteiger partial charge in [-0.25, -0.2) is 0 Å². The second-order valence-corrected chi connectivity index (χ2v) is 6.39. The van der Waals surface area contributed by atoms with Gasteiger partial charge in [0.25, 0.3) is 0 Å². The topological polar surface area (TPSA) is 56.8 Å². The van der Waals surface area contributed by atoms with Crippen molar-refractivity contribution in [3.8, 4) is 17.2 Å². The lowest BCUT2D eigenvalue weighted by atomic mass is 10.1. The van der Waals surface area contributed by atoms with Crippen LogP contribution in [0.4, 0.5) is 0 Å². The van der Waals surface area contributed by atoms with Crippen LogP contribution in [0.2, 0.25) is 10.0 Å². The zero-order valence-electron chi connectivity index (χ0n) is 14.9. The number of carbonyl (C=O) groups is 1. The van der Waals surface area contributed by atoms with Crippen LogP contribution >= 0.6 is 23.2 Å². The molecule has 2 aromatic carbocycles. The quantitative estimate of drug-likeness (QED) is 0.733. The maximum atomic E-state index is 12.2. The van der Waals surface area contributed by atoms with E-state index in [1.165, 1.54) is 21.3 Å². The number of hydrogen-bond donors (Lipinski definition) is 1. The van der Waals surface area contributed by atoms with Crippen molar-refractivity contribution >= 4 is 29.1 Å². The van der Waals surface area contributed by atoms with Crippen LogP contribution in [0, 0.1) is 0 Å². The average Bonchev–Trinajstić information content (AvgIpc) is 2.62. The van der Waals surface area contributed by atoms with Crippen molar-refractivity contribution < 1.29 is 19.0 Å². The second-order valence-electron chi connectivity index (χ2n) is 5.55. The van der Waals surface area contributed by atoms with Crippen molar-refractivity contribution in [1.82, 2.24) is 5.32 Å². The van der Waals surface area contributed by atoms with Crippen LogP contribution in [0.5, 0.6) is 17.2 Å². The van der Waals surface area contributed by atoms with Gasteiger partial charge in [-0.2, -0.15) is 0 Å². The molecule has 140 valence electrons. The fourth-order valence-corrected chi connectivity index (χ4v) is 3.05. The van der Waals surface area contributed by atoms with E-state index in [1.807, 2.05) is 6.07 Å². The van der Waals surface area contributed by atoms with Gasteiger partial charge in [0, 0.05) is 16.6 Å². The molecule has 5 nitrogen and oxygen atoms in total. The molecule has 0 fully saturated rings. The Labute approximate surface area is 163 Å². The van der Waals surface area contributed by atoms with Gasteiger partial charge in [-0.1, -0.05) is 29.3 Å². The monoisotopic (exact) mass is 397 g/mol. The van der Waals surface area contributed by atoms with Crippen molar-refractivity contribution in [3.05, 3.63) is 51.5 Å². The number of benzene rings is 2. The molecule has 0 saturated carbocycles. The van der Waals surface area contributed by atoms with E-state index in [-0.39, 0.29) is 12.3 Å². The number of halogens is 2. The average molecular weight is 398 g/mol. The molecule has 0 aliphatic heterocycles. The third kappa shape index (κ3) is 5.19. The highest BCUT2D eigenvalue weighted by molar-refractivity contribution is 6.35. The summed E-state index contributed by atoms with van der Waals surface area (Å²) in [5, 5.41) is 4.06. The van der Waals surface area contributed by atoms with Crippen LogP contribution < -0.4 is 19.5 Å². The number of carbonyl (C=O) groups excluding carboxylic acids is 1. The van der Waals surface area contributed by atoms with Gasteiger partial charge in [-0.05, 0) is 41.8 Å². The molecule has 1 N–H and O–H groups in total. The third-order valence-corrected chi connectivity index (χ3v) is 4.41. The van der Waals surface area contributed by atoms with Crippen LogP contribution in [-0.4, -0.2) is 33.8 Å². The van der Waals surface area contributed by atoms with E-state index in [0.717, 1.165) is 11.1 Å². The lowest BCUT2D eigenvalue weighted by Crippen LogP contribution is -2.27. The first-order valence-electron chi connectivity index (χ1n) is 7.98. The maximum Gasteiger partial charge on any atom is 0.224 e. The molecule has 1 amide bonds. The Kier molecular flexibility index (Phi) is 7.42. The summed E-state index contributed by atoms with van der Waals surface area (Å²) in [7, 11) is 4.61. The summed E-state index contributed by atoms with van der Waals surface area (Å²) in [5.41, 5.74) is 1.70. The van der Waals surface area contributed by atoms with Crippen molar-refractivity contribution in [2.75, 3.05) is 27.9 Å². The van der Waals surface area contributed by atoms with Gasteiger partial charge in [0.15, 0.2) is 11.5 Å². The number of nitrogens with one attached hydrogen (secondary N) is 1. The van der Waals surface area contributed by atoms with E-state index in [0.29, 0.717) is 40.3 Å². The highest BCUT2D eigenvalue weighted by atomic mass is 35.5. The van der Waals surface area contributed by atoms with Crippen LogP contribution in [-0.2, 0) is 17.6 Å². The Morgan fingerprint density at radius 2 is 1.65 bits per heavy atom. The number of hydrogen-bond acceptors (Lipinski definition) is 4. The number of rotatable bonds is 8. The van der Waals surface area contributed by atoms with Gasteiger partial charge in [0.1, 0.15) is 0 Å². The minimum Gasteiger partial charge on any atom is -0.493 e. The minimum absolute atomic E-state index is 0.107. The molecule has 0 unspecified atom stereocenters. The zero-order valence-corrected chi connectivity index (χ0v) is 16.4. The van der Waals surface area contributed by atoms with E-state index >= 15 is 0 Å². The van der Waals surface area contributed by atoms with Crippen molar-refractivity contribution in [1.29, 1.82) is 0 Å². The summed E-state index contributed by atoms with van der Waals surface area (Å²) in [6.07, 6.45) is 0.821. The Hall–Kier alpha value is -2.11. The Bertz CT molecular complexity index is 755. The normalized spacial score (nSPS) is 10.3. The molecule has 0 aliphatic rings. The smallest absolute Gasteiger partial charge is 0.224 e. The summed E-state index contributed by atoms with van der Waals surface area (Å²) >= 11 is 12.0. The van der Waals surface area contributed by atoms with Crippen LogP contribution in [0.1, 0.15) is 11.1 Å². The molecule has 0 heterocycles. The summed E-state index contributed by atoms with van der Waals surface area (Å²) in [6, 6.07) is 8.85. The highest BCUT2D eigenvalue weighted by Gasteiger charge is 2.15. The van der Waals surface area contributed by atoms with E-state index in [9.17, 15) is 4.79 Å². The SMILES string of the molecule is COc1cc(CC(=O)NCCc2ccc(Cl)cc2Cl)cc(OC)c1OC. The summed E-state index contributed by atoms with van der Waals surface area (Å²) in [5.74, 6) is 1.42. The maximum absolute atomic E-state index is 12.2.